The Kier molecular flexibility index (Phi) is 6.98. The zero-order chi connectivity index (χ0) is 16.8. The van der Waals surface area contributed by atoms with E-state index in [-0.39, 0.29) is 11.5 Å². The summed E-state index contributed by atoms with van der Waals surface area (Å²) in [5, 5.41) is 0. The van der Waals surface area contributed by atoms with Crippen LogP contribution in [0.25, 0.3) is 0 Å². The van der Waals surface area contributed by atoms with Crippen molar-refractivity contribution >= 4 is 20.2 Å². The van der Waals surface area contributed by atoms with Crippen molar-refractivity contribution in [2.75, 3.05) is 6.61 Å². The van der Waals surface area contributed by atoms with E-state index in [1.165, 1.54) is 12.1 Å². The van der Waals surface area contributed by atoms with Crippen molar-refractivity contribution < 1.29 is 25.6 Å². The highest BCUT2D eigenvalue weighted by molar-refractivity contribution is 7.87. The maximum absolute atomic E-state index is 12.0. The Hall–Kier alpha value is -0.960. The summed E-state index contributed by atoms with van der Waals surface area (Å²) in [5.41, 5.74) is 0. The highest BCUT2D eigenvalue weighted by Gasteiger charge is 2.18. The van der Waals surface area contributed by atoms with Gasteiger partial charge in [-0.15, -0.1) is 0 Å². The van der Waals surface area contributed by atoms with Gasteiger partial charge in [0.25, 0.3) is 20.2 Å². The molecule has 1 aromatic rings. The van der Waals surface area contributed by atoms with Crippen molar-refractivity contribution in [1.29, 1.82) is 0 Å². The normalized spacial score (nSPS) is 12.7. The topological polar surface area (TPSA) is 97.7 Å². The van der Waals surface area contributed by atoms with Crippen LogP contribution in [0.2, 0.25) is 0 Å². The first-order valence-electron chi connectivity index (χ1n) is 7.10. The average molecular weight is 350 g/mol. The zero-order valence-electron chi connectivity index (χ0n) is 12.7. The molecule has 0 aliphatic carbocycles. The Labute approximate surface area is 132 Å². The summed E-state index contributed by atoms with van der Waals surface area (Å²) in [6, 6.07) is 4.45. The molecule has 1 rings (SSSR count). The van der Waals surface area contributed by atoms with Gasteiger partial charge in [0.2, 0.25) is 0 Å². The van der Waals surface area contributed by atoms with E-state index in [9.17, 15) is 16.8 Å². The van der Waals surface area contributed by atoms with Gasteiger partial charge in [0.15, 0.2) is 0 Å². The van der Waals surface area contributed by atoms with Gasteiger partial charge >= 0.3 is 0 Å². The van der Waals surface area contributed by atoms with E-state index in [0.717, 1.165) is 31.4 Å². The van der Waals surface area contributed by atoms with Gasteiger partial charge in [-0.2, -0.15) is 16.8 Å². The van der Waals surface area contributed by atoms with Crippen molar-refractivity contribution in [3.05, 3.63) is 24.3 Å². The molecule has 126 valence electrons. The lowest BCUT2D eigenvalue weighted by molar-refractivity contribution is 0.305. The zero-order valence-corrected chi connectivity index (χ0v) is 14.4. The first kappa shape index (κ1) is 19.1. The Morgan fingerprint density at radius 3 is 2.27 bits per heavy atom. The predicted molar refractivity (Wildman–Crippen MR) is 82.7 cm³/mol. The fourth-order valence-electron chi connectivity index (χ4n) is 1.86. The van der Waals surface area contributed by atoms with Crippen molar-refractivity contribution in [2.45, 2.75) is 49.3 Å². The molecule has 0 aliphatic rings. The number of hydrogen-bond acceptors (Lipinski definition) is 5. The van der Waals surface area contributed by atoms with E-state index in [2.05, 4.69) is 13.8 Å². The smallest absolute Gasteiger partial charge is 0.282 e. The number of rotatable bonds is 9. The largest absolute Gasteiger partial charge is 0.297 e. The van der Waals surface area contributed by atoms with E-state index < -0.39 is 25.1 Å². The molecule has 0 unspecified atom stereocenters. The van der Waals surface area contributed by atoms with Gasteiger partial charge in [0, 0.05) is 0 Å². The van der Waals surface area contributed by atoms with Gasteiger partial charge in [-0.05, 0) is 30.5 Å². The third-order valence-electron chi connectivity index (χ3n) is 3.06. The monoisotopic (exact) mass is 350 g/mol. The van der Waals surface area contributed by atoms with Crippen LogP contribution in [0.5, 0.6) is 0 Å². The summed E-state index contributed by atoms with van der Waals surface area (Å²) in [6.45, 7) is 4.31. The maximum atomic E-state index is 12.0. The van der Waals surface area contributed by atoms with Gasteiger partial charge in [0.05, 0.1) is 16.4 Å². The molecule has 0 saturated carbocycles. The summed E-state index contributed by atoms with van der Waals surface area (Å²) in [7, 11) is -8.47. The van der Waals surface area contributed by atoms with Gasteiger partial charge in [-0.3, -0.25) is 8.74 Å². The second kappa shape index (κ2) is 8.05. The fourth-order valence-corrected chi connectivity index (χ4v) is 3.45. The van der Waals surface area contributed by atoms with Gasteiger partial charge in [0.1, 0.15) is 0 Å². The third kappa shape index (κ3) is 6.43. The summed E-state index contributed by atoms with van der Waals surface area (Å²) >= 11 is 0. The van der Waals surface area contributed by atoms with Crippen LogP contribution in [0.15, 0.2) is 34.1 Å². The van der Waals surface area contributed by atoms with Crippen LogP contribution in [0, 0.1) is 5.92 Å². The van der Waals surface area contributed by atoms with E-state index in [4.69, 9.17) is 8.74 Å². The van der Waals surface area contributed by atoms with Crippen LogP contribution in [-0.2, 0) is 24.4 Å². The second-order valence-corrected chi connectivity index (χ2v) is 8.51. The van der Waals surface area contributed by atoms with Gasteiger partial charge in [-0.25, -0.2) is 0 Å². The minimum atomic E-state index is -4.45. The molecule has 0 aromatic heterocycles. The molecular formula is C14H22O6S2. The summed E-state index contributed by atoms with van der Waals surface area (Å²) < 4.78 is 59.8. The fraction of sp³-hybridized carbons (Fsp3) is 0.571. The third-order valence-corrected chi connectivity index (χ3v) is 5.21. The molecule has 1 N–H and O–H groups in total. The summed E-state index contributed by atoms with van der Waals surface area (Å²) in [6.07, 6.45) is 3.59. The Morgan fingerprint density at radius 2 is 1.68 bits per heavy atom. The van der Waals surface area contributed by atoms with Crippen LogP contribution in [0.4, 0.5) is 0 Å². The molecule has 0 amide bonds. The Balaban J connectivity index is 2.60. The minimum Gasteiger partial charge on any atom is -0.282 e. The van der Waals surface area contributed by atoms with E-state index in [1.54, 1.807) is 0 Å². The molecule has 0 atom stereocenters. The van der Waals surface area contributed by atoms with E-state index >= 15 is 0 Å². The number of unbranched alkanes of at least 4 members (excludes halogenated alkanes) is 2. The average Bonchev–Trinajstić information content (AvgIpc) is 2.41. The highest BCUT2D eigenvalue weighted by Crippen LogP contribution is 2.18. The van der Waals surface area contributed by atoms with E-state index in [0.29, 0.717) is 12.3 Å². The standard InChI is InChI=1S/C14H22O6S2/c1-12(2)7-4-3-5-10-20-22(18,19)14-9-6-8-13(11-14)21(15,16)17/h6,8-9,11-12H,3-5,7,10H2,1-2H3,(H,15,16,17). The van der Waals surface area contributed by atoms with Crippen molar-refractivity contribution in [3.8, 4) is 0 Å². The molecule has 0 fully saturated rings. The summed E-state index contributed by atoms with van der Waals surface area (Å²) in [5.74, 6) is 0.618. The van der Waals surface area contributed by atoms with Gasteiger partial charge < -0.3 is 0 Å². The molecule has 0 saturated heterocycles. The molecule has 0 bridgehead atoms. The lowest BCUT2D eigenvalue weighted by Crippen LogP contribution is -2.09. The SMILES string of the molecule is CC(C)CCCCCOS(=O)(=O)c1cccc(S(=O)(=O)O)c1. The first-order valence-corrected chi connectivity index (χ1v) is 9.95. The van der Waals surface area contributed by atoms with Crippen molar-refractivity contribution in [2.24, 2.45) is 5.92 Å². The molecule has 8 heteroatoms. The molecule has 0 spiro atoms. The highest BCUT2D eigenvalue weighted by atomic mass is 32.2. The molecule has 22 heavy (non-hydrogen) atoms. The first-order chi connectivity index (χ1) is 10.1. The summed E-state index contributed by atoms with van der Waals surface area (Å²) in [4.78, 5) is -0.765. The number of benzene rings is 1. The lowest BCUT2D eigenvalue weighted by atomic mass is 10.1. The van der Waals surface area contributed by atoms with E-state index in [1.807, 2.05) is 0 Å². The lowest BCUT2D eigenvalue weighted by Gasteiger charge is -2.07. The molecule has 0 heterocycles. The molecular weight excluding hydrogens is 328 g/mol. The minimum absolute atomic E-state index is 0.0521. The molecule has 1 aromatic carbocycles. The van der Waals surface area contributed by atoms with Crippen LogP contribution in [0.3, 0.4) is 0 Å². The van der Waals surface area contributed by atoms with Crippen LogP contribution in [-0.4, -0.2) is 28.0 Å². The molecule has 0 aliphatic heterocycles. The number of hydrogen-bond donors (Lipinski definition) is 1. The van der Waals surface area contributed by atoms with Crippen LogP contribution < -0.4 is 0 Å². The van der Waals surface area contributed by atoms with Gasteiger partial charge in [-0.1, -0.05) is 39.2 Å². The van der Waals surface area contributed by atoms with Crippen molar-refractivity contribution in [1.82, 2.24) is 0 Å². The van der Waals surface area contributed by atoms with Crippen molar-refractivity contribution in [3.63, 3.8) is 0 Å². The quantitative estimate of drug-likeness (QED) is 0.418. The van der Waals surface area contributed by atoms with Crippen LogP contribution >= 0.6 is 0 Å². The Morgan fingerprint density at radius 1 is 1.05 bits per heavy atom. The maximum Gasteiger partial charge on any atom is 0.297 e. The molecule has 0 radical (unpaired) electrons. The Bertz CT molecular complexity index is 677. The second-order valence-electron chi connectivity index (χ2n) is 5.47. The predicted octanol–water partition coefficient (Wildman–Crippen LogP) is 2.86. The molecule has 6 nitrogen and oxygen atoms in total. The van der Waals surface area contributed by atoms with Crippen LogP contribution in [0.1, 0.15) is 39.5 Å².